The predicted octanol–water partition coefficient (Wildman–Crippen LogP) is 2.35. The van der Waals surface area contributed by atoms with Gasteiger partial charge in [0.15, 0.2) is 16.6 Å². The minimum atomic E-state index is -0.519. The van der Waals surface area contributed by atoms with Gasteiger partial charge in [0, 0.05) is 19.3 Å². The molecule has 9 heteroatoms. The molecule has 0 saturated carbocycles. The number of rotatable bonds is 4. The van der Waals surface area contributed by atoms with Gasteiger partial charge in [-0.05, 0) is 19.1 Å². The van der Waals surface area contributed by atoms with Crippen LogP contribution in [0.4, 0.5) is 4.39 Å². The van der Waals surface area contributed by atoms with E-state index >= 15 is 0 Å². The van der Waals surface area contributed by atoms with Gasteiger partial charge in [0.05, 0.1) is 22.3 Å². The van der Waals surface area contributed by atoms with E-state index in [1.54, 1.807) is 24.0 Å². The number of hydrogen-bond donors (Lipinski definition) is 1. The summed E-state index contributed by atoms with van der Waals surface area (Å²) in [5, 5.41) is 11.4. The van der Waals surface area contributed by atoms with Crippen molar-refractivity contribution in [3.63, 3.8) is 0 Å². The second kappa shape index (κ2) is 6.13. The highest BCUT2D eigenvalue weighted by atomic mass is 32.1. The first-order chi connectivity index (χ1) is 11.0. The smallest absolute Gasteiger partial charge is 0.293 e. The summed E-state index contributed by atoms with van der Waals surface area (Å²) in [6.07, 6.45) is 3.14. The van der Waals surface area contributed by atoms with Crippen LogP contribution in [0.25, 0.3) is 11.3 Å². The molecule has 0 aliphatic heterocycles. The van der Waals surface area contributed by atoms with Crippen molar-refractivity contribution in [1.82, 2.24) is 20.4 Å². The Labute approximate surface area is 134 Å². The van der Waals surface area contributed by atoms with Crippen molar-refractivity contribution in [2.75, 3.05) is 0 Å². The zero-order valence-electron chi connectivity index (χ0n) is 12.3. The van der Waals surface area contributed by atoms with Crippen LogP contribution >= 0.6 is 11.3 Å². The first kappa shape index (κ1) is 15.1. The third-order valence-corrected chi connectivity index (χ3v) is 3.78. The quantitative estimate of drug-likeness (QED) is 0.586. The average molecular weight is 333 g/mol. The maximum Gasteiger partial charge on any atom is 0.293 e. The van der Waals surface area contributed by atoms with Crippen molar-refractivity contribution in [1.29, 1.82) is 0 Å². The summed E-state index contributed by atoms with van der Waals surface area (Å²) in [4.78, 5) is 12.5. The summed E-state index contributed by atoms with van der Waals surface area (Å²) in [5.41, 5.74) is 3.94. The molecule has 23 heavy (non-hydrogen) atoms. The zero-order chi connectivity index (χ0) is 16.4. The fourth-order valence-electron chi connectivity index (χ4n) is 1.96. The first-order valence-corrected chi connectivity index (χ1v) is 7.40. The van der Waals surface area contributed by atoms with E-state index in [9.17, 15) is 9.18 Å². The zero-order valence-corrected chi connectivity index (χ0v) is 13.1. The molecule has 0 bridgehead atoms. The van der Waals surface area contributed by atoms with E-state index in [2.05, 4.69) is 20.8 Å². The molecular weight excluding hydrogens is 321 g/mol. The van der Waals surface area contributed by atoms with Crippen LogP contribution < -0.4 is 5.43 Å². The van der Waals surface area contributed by atoms with Crippen molar-refractivity contribution in [2.45, 2.75) is 6.92 Å². The topological polar surface area (TPSA) is 85.3 Å². The number of carbonyl (C=O) groups is 1. The van der Waals surface area contributed by atoms with Gasteiger partial charge in [0.25, 0.3) is 5.91 Å². The number of thiophene rings is 1. The second-order valence-electron chi connectivity index (χ2n) is 4.72. The van der Waals surface area contributed by atoms with Crippen molar-refractivity contribution in [3.8, 4) is 11.3 Å². The fraction of sp³-hybridized carbons (Fsp3) is 0.143. The summed E-state index contributed by atoms with van der Waals surface area (Å²) in [5.74, 6) is -0.0696. The SMILES string of the molecule is Cc1nn(C)cc1-c1cc(C(=O)NN=Cc2ccc(F)s2)no1. The molecular formula is C14H12FN5O2S. The van der Waals surface area contributed by atoms with E-state index in [0.29, 0.717) is 10.6 Å². The Morgan fingerprint density at radius 2 is 2.35 bits per heavy atom. The minimum Gasteiger partial charge on any atom is -0.355 e. The summed E-state index contributed by atoms with van der Waals surface area (Å²) >= 11 is 0.930. The Balaban J connectivity index is 1.69. The van der Waals surface area contributed by atoms with Gasteiger partial charge < -0.3 is 4.52 Å². The van der Waals surface area contributed by atoms with E-state index in [4.69, 9.17) is 4.52 Å². The number of carbonyl (C=O) groups excluding carboxylic acids is 1. The lowest BCUT2D eigenvalue weighted by Crippen LogP contribution is -2.17. The Bertz CT molecular complexity index is 880. The Morgan fingerprint density at radius 1 is 1.52 bits per heavy atom. The number of amides is 1. The van der Waals surface area contributed by atoms with E-state index in [0.717, 1.165) is 22.6 Å². The van der Waals surface area contributed by atoms with Crippen LogP contribution in [0.5, 0.6) is 0 Å². The van der Waals surface area contributed by atoms with Crippen LogP contribution in [0.1, 0.15) is 21.1 Å². The Hall–Kier alpha value is -2.81. The average Bonchev–Trinajstić information content (AvgIpc) is 3.19. The van der Waals surface area contributed by atoms with Crippen LogP contribution in [0.2, 0.25) is 0 Å². The molecule has 0 atom stereocenters. The number of hydrazone groups is 1. The third-order valence-electron chi connectivity index (χ3n) is 2.97. The largest absolute Gasteiger partial charge is 0.355 e. The Kier molecular flexibility index (Phi) is 4.02. The van der Waals surface area contributed by atoms with Gasteiger partial charge in [-0.25, -0.2) is 5.43 Å². The van der Waals surface area contributed by atoms with Gasteiger partial charge in [-0.15, -0.1) is 11.3 Å². The maximum atomic E-state index is 12.8. The third kappa shape index (κ3) is 3.34. The summed E-state index contributed by atoms with van der Waals surface area (Å²) in [6, 6.07) is 4.41. The van der Waals surface area contributed by atoms with Crippen molar-refractivity contribution in [3.05, 3.63) is 45.8 Å². The lowest BCUT2D eigenvalue weighted by Gasteiger charge is -1.92. The van der Waals surface area contributed by atoms with E-state index < -0.39 is 5.91 Å². The molecule has 0 unspecified atom stereocenters. The van der Waals surface area contributed by atoms with Gasteiger partial charge in [-0.1, -0.05) is 5.16 Å². The summed E-state index contributed by atoms with van der Waals surface area (Å²) < 4.78 is 19.6. The molecule has 3 rings (SSSR count). The Morgan fingerprint density at radius 3 is 3.00 bits per heavy atom. The van der Waals surface area contributed by atoms with Crippen LogP contribution in [-0.2, 0) is 7.05 Å². The van der Waals surface area contributed by atoms with Crippen LogP contribution in [-0.4, -0.2) is 27.1 Å². The van der Waals surface area contributed by atoms with Gasteiger partial charge in [-0.3, -0.25) is 9.48 Å². The van der Waals surface area contributed by atoms with Crippen LogP contribution in [0.3, 0.4) is 0 Å². The molecule has 0 saturated heterocycles. The molecule has 3 aromatic heterocycles. The van der Waals surface area contributed by atoms with Crippen molar-refractivity contribution < 1.29 is 13.7 Å². The van der Waals surface area contributed by atoms with Crippen molar-refractivity contribution >= 4 is 23.5 Å². The number of nitrogens with one attached hydrogen (secondary N) is 1. The normalized spacial score (nSPS) is 11.3. The van der Waals surface area contributed by atoms with Gasteiger partial charge in [0.1, 0.15) is 0 Å². The van der Waals surface area contributed by atoms with Crippen molar-refractivity contribution in [2.24, 2.45) is 12.1 Å². The minimum absolute atomic E-state index is 0.0952. The molecule has 0 aliphatic carbocycles. The molecule has 0 aliphatic rings. The van der Waals surface area contributed by atoms with Gasteiger partial charge >= 0.3 is 0 Å². The second-order valence-corrected chi connectivity index (χ2v) is 5.78. The highest BCUT2D eigenvalue weighted by Gasteiger charge is 2.16. The molecule has 0 radical (unpaired) electrons. The fourth-order valence-corrected chi connectivity index (χ4v) is 2.56. The lowest BCUT2D eigenvalue weighted by atomic mass is 10.2. The monoisotopic (exact) mass is 333 g/mol. The molecule has 7 nitrogen and oxygen atoms in total. The van der Waals surface area contributed by atoms with E-state index in [1.807, 2.05) is 6.92 Å². The number of hydrogen-bond acceptors (Lipinski definition) is 6. The molecule has 0 spiro atoms. The van der Waals surface area contributed by atoms with E-state index in [-0.39, 0.29) is 10.8 Å². The highest BCUT2D eigenvalue weighted by Crippen LogP contribution is 2.22. The molecule has 0 fully saturated rings. The molecule has 1 N–H and O–H groups in total. The molecule has 118 valence electrons. The molecule has 1 amide bonds. The molecule has 3 heterocycles. The number of aromatic nitrogens is 3. The predicted molar refractivity (Wildman–Crippen MR) is 82.8 cm³/mol. The standard InChI is InChI=1S/C14H12FN5O2S/c1-8-10(7-20(2)18-8)12-5-11(19-22-12)14(21)17-16-6-9-3-4-13(15)23-9/h3-7H,1-2H3,(H,17,21). The highest BCUT2D eigenvalue weighted by molar-refractivity contribution is 7.12. The number of halogens is 1. The molecule has 3 aromatic rings. The van der Waals surface area contributed by atoms with Crippen LogP contribution in [0.15, 0.2) is 34.0 Å². The summed E-state index contributed by atoms with van der Waals surface area (Å²) in [6.45, 7) is 1.84. The number of aryl methyl sites for hydroxylation is 2. The first-order valence-electron chi connectivity index (χ1n) is 6.59. The maximum absolute atomic E-state index is 12.8. The summed E-state index contributed by atoms with van der Waals surface area (Å²) in [7, 11) is 1.79. The number of nitrogens with zero attached hydrogens (tertiary/aromatic N) is 4. The molecule has 0 aromatic carbocycles. The van der Waals surface area contributed by atoms with Crippen LogP contribution in [0, 0.1) is 12.1 Å². The van der Waals surface area contributed by atoms with E-state index in [1.165, 1.54) is 18.3 Å². The van der Waals surface area contributed by atoms with Gasteiger partial charge in [-0.2, -0.15) is 14.6 Å². The lowest BCUT2D eigenvalue weighted by molar-refractivity contribution is 0.0946. The van der Waals surface area contributed by atoms with Gasteiger partial charge in [0.2, 0.25) is 0 Å².